The van der Waals surface area contributed by atoms with E-state index in [2.05, 4.69) is 0 Å². The van der Waals surface area contributed by atoms with Crippen molar-refractivity contribution in [2.45, 2.75) is 56.4 Å². The van der Waals surface area contributed by atoms with Gasteiger partial charge in [0.2, 0.25) is 0 Å². The van der Waals surface area contributed by atoms with Gasteiger partial charge in [0.25, 0.3) is 10.1 Å². The third-order valence-electron chi connectivity index (χ3n) is 3.89. The van der Waals surface area contributed by atoms with E-state index < -0.39 is 21.7 Å². The molecule has 0 N–H and O–H groups in total. The summed E-state index contributed by atoms with van der Waals surface area (Å²) < 4.78 is 35.5. The highest BCUT2D eigenvalue weighted by atomic mass is 32.2. The second-order valence-electron chi connectivity index (χ2n) is 5.63. The van der Waals surface area contributed by atoms with Crippen molar-refractivity contribution in [1.82, 2.24) is 0 Å². The Balaban J connectivity index is 2.29. The first-order valence-electron chi connectivity index (χ1n) is 7.59. The fraction of sp³-hybridized carbons (Fsp3) is 0.562. The van der Waals surface area contributed by atoms with Crippen LogP contribution in [0.4, 0.5) is 0 Å². The van der Waals surface area contributed by atoms with Crippen LogP contribution >= 0.6 is 0 Å². The van der Waals surface area contributed by atoms with E-state index in [0.29, 0.717) is 12.8 Å². The normalized spacial score (nSPS) is 17.9. The van der Waals surface area contributed by atoms with Crippen LogP contribution in [0.1, 0.15) is 44.6 Å². The van der Waals surface area contributed by atoms with Gasteiger partial charge >= 0.3 is 5.97 Å². The number of esters is 1. The summed E-state index contributed by atoms with van der Waals surface area (Å²) in [5.74, 6) is -0.578. The Morgan fingerprint density at radius 2 is 1.73 bits per heavy atom. The lowest BCUT2D eigenvalue weighted by Crippen LogP contribution is -2.46. The number of carbonyl (C=O) groups is 1. The molecule has 1 aromatic rings. The molecule has 6 heteroatoms. The highest BCUT2D eigenvalue weighted by Crippen LogP contribution is 2.35. The summed E-state index contributed by atoms with van der Waals surface area (Å²) in [5, 5.41) is 0. The van der Waals surface area contributed by atoms with Crippen molar-refractivity contribution in [3.05, 3.63) is 29.8 Å². The molecule has 1 fully saturated rings. The van der Waals surface area contributed by atoms with E-state index in [9.17, 15) is 13.2 Å². The molecule has 0 aliphatic heterocycles. The summed E-state index contributed by atoms with van der Waals surface area (Å²) in [6.45, 7) is 3.77. The minimum atomic E-state index is -4.00. The Bertz CT molecular complexity index is 612. The van der Waals surface area contributed by atoms with Gasteiger partial charge in [0.05, 0.1) is 11.5 Å². The molecule has 0 unspecified atom stereocenters. The number of rotatable bonds is 5. The highest BCUT2D eigenvalue weighted by molar-refractivity contribution is 7.86. The maximum absolute atomic E-state index is 12.5. The van der Waals surface area contributed by atoms with E-state index in [1.807, 2.05) is 6.92 Å². The molecule has 0 aromatic heterocycles. The third-order valence-corrected chi connectivity index (χ3v) is 5.28. The molecule has 0 atom stereocenters. The first kappa shape index (κ1) is 17.0. The summed E-state index contributed by atoms with van der Waals surface area (Å²) in [6, 6.07) is 6.39. The van der Waals surface area contributed by atoms with Crippen molar-refractivity contribution in [3.63, 3.8) is 0 Å². The summed E-state index contributed by atoms with van der Waals surface area (Å²) in [7, 11) is -4.00. The predicted octanol–water partition coefficient (Wildman–Crippen LogP) is 2.97. The monoisotopic (exact) mass is 326 g/mol. The van der Waals surface area contributed by atoms with Crippen LogP contribution in [-0.2, 0) is 23.8 Å². The van der Waals surface area contributed by atoms with E-state index >= 15 is 0 Å². The number of carbonyl (C=O) groups excluding carboxylic acids is 1. The van der Waals surface area contributed by atoms with Crippen LogP contribution in [-0.4, -0.2) is 26.6 Å². The van der Waals surface area contributed by atoms with Gasteiger partial charge in [-0.1, -0.05) is 24.1 Å². The average molecular weight is 326 g/mol. The van der Waals surface area contributed by atoms with Gasteiger partial charge in [-0.05, 0) is 51.7 Å². The molecule has 22 heavy (non-hydrogen) atoms. The summed E-state index contributed by atoms with van der Waals surface area (Å²) in [5.41, 5.74) is -0.422. The highest BCUT2D eigenvalue weighted by Gasteiger charge is 2.46. The molecule has 0 heterocycles. The molecule has 0 amide bonds. The molecule has 122 valence electrons. The van der Waals surface area contributed by atoms with Gasteiger partial charge in [-0.3, -0.25) is 0 Å². The smallest absolute Gasteiger partial charge is 0.339 e. The van der Waals surface area contributed by atoms with Crippen molar-refractivity contribution >= 4 is 16.1 Å². The zero-order chi connectivity index (χ0) is 16.2. The lowest BCUT2D eigenvalue weighted by molar-refractivity contribution is -0.164. The van der Waals surface area contributed by atoms with Gasteiger partial charge in [-0.25, -0.2) is 8.98 Å². The van der Waals surface area contributed by atoms with Crippen LogP contribution in [0, 0.1) is 6.92 Å². The first-order chi connectivity index (χ1) is 10.4. The van der Waals surface area contributed by atoms with Crippen molar-refractivity contribution < 1.29 is 22.1 Å². The van der Waals surface area contributed by atoms with Crippen molar-refractivity contribution in [2.75, 3.05) is 6.61 Å². The van der Waals surface area contributed by atoms with Gasteiger partial charge in [0, 0.05) is 0 Å². The largest absolute Gasteiger partial charge is 0.464 e. The van der Waals surface area contributed by atoms with Gasteiger partial charge in [0.15, 0.2) is 5.60 Å². The van der Waals surface area contributed by atoms with Crippen molar-refractivity contribution in [1.29, 1.82) is 0 Å². The quantitative estimate of drug-likeness (QED) is 0.614. The molecule has 1 aliphatic carbocycles. The second kappa shape index (κ2) is 6.79. The summed E-state index contributed by atoms with van der Waals surface area (Å²) >= 11 is 0. The minimum Gasteiger partial charge on any atom is -0.464 e. The fourth-order valence-corrected chi connectivity index (χ4v) is 3.89. The Kier molecular flexibility index (Phi) is 5.24. The van der Waals surface area contributed by atoms with Gasteiger partial charge in [0.1, 0.15) is 0 Å². The van der Waals surface area contributed by atoms with E-state index in [-0.39, 0.29) is 11.5 Å². The molecular formula is C16H22O5S. The zero-order valence-corrected chi connectivity index (χ0v) is 13.8. The molecule has 0 radical (unpaired) electrons. The Hall–Kier alpha value is -1.40. The molecule has 1 aliphatic rings. The van der Waals surface area contributed by atoms with Gasteiger partial charge < -0.3 is 4.74 Å². The molecule has 0 spiro atoms. The number of hydrogen-bond donors (Lipinski definition) is 0. The molecule has 1 aromatic carbocycles. The van der Waals surface area contributed by atoms with Crippen LogP contribution in [0.2, 0.25) is 0 Å². The van der Waals surface area contributed by atoms with Crippen molar-refractivity contribution in [3.8, 4) is 0 Å². The average Bonchev–Trinajstić information content (AvgIpc) is 2.48. The maximum atomic E-state index is 12.5. The SMILES string of the molecule is CCOC(=O)C1(OS(=O)(=O)c2ccc(C)cc2)CCCCC1. The Labute approximate surface area is 131 Å². The molecular weight excluding hydrogens is 304 g/mol. The Morgan fingerprint density at radius 3 is 2.27 bits per heavy atom. The lowest BCUT2D eigenvalue weighted by Gasteiger charge is -2.33. The van der Waals surface area contributed by atoms with E-state index in [4.69, 9.17) is 8.92 Å². The van der Waals surface area contributed by atoms with Crippen LogP contribution in [0.3, 0.4) is 0 Å². The van der Waals surface area contributed by atoms with Gasteiger partial charge in [-0.15, -0.1) is 0 Å². The molecule has 0 bridgehead atoms. The van der Waals surface area contributed by atoms with E-state index in [1.54, 1.807) is 19.1 Å². The number of hydrogen-bond acceptors (Lipinski definition) is 5. The summed E-state index contributed by atoms with van der Waals surface area (Å²) in [4.78, 5) is 12.3. The van der Waals surface area contributed by atoms with E-state index in [0.717, 1.165) is 24.8 Å². The topological polar surface area (TPSA) is 69.7 Å². The number of ether oxygens (including phenoxy) is 1. The van der Waals surface area contributed by atoms with Crippen molar-refractivity contribution in [2.24, 2.45) is 0 Å². The Morgan fingerprint density at radius 1 is 1.14 bits per heavy atom. The maximum Gasteiger partial charge on any atom is 0.339 e. The molecule has 1 saturated carbocycles. The third kappa shape index (κ3) is 3.67. The van der Waals surface area contributed by atoms with Crippen LogP contribution in [0.25, 0.3) is 0 Å². The molecule has 0 saturated heterocycles. The fourth-order valence-electron chi connectivity index (χ4n) is 2.67. The predicted molar refractivity (Wildman–Crippen MR) is 81.9 cm³/mol. The van der Waals surface area contributed by atoms with Crippen LogP contribution in [0.5, 0.6) is 0 Å². The minimum absolute atomic E-state index is 0.0624. The van der Waals surface area contributed by atoms with E-state index in [1.165, 1.54) is 12.1 Å². The number of benzene rings is 1. The summed E-state index contributed by atoms with van der Waals surface area (Å²) in [6.07, 6.45) is 3.22. The lowest BCUT2D eigenvalue weighted by atomic mass is 9.85. The second-order valence-corrected chi connectivity index (χ2v) is 7.17. The molecule has 2 rings (SSSR count). The first-order valence-corrected chi connectivity index (χ1v) is 9.00. The van der Waals surface area contributed by atoms with Crippen LogP contribution < -0.4 is 0 Å². The number of aryl methyl sites for hydroxylation is 1. The van der Waals surface area contributed by atoms with Gasteiger partial charge in [-0.2, -0.15) is 8.42 Å². The molecule has 5 nitrogen and oxygen atoms in total. The van der Waals surface area contributed by atoms with Crippen LogP contribution in [0.15, 0.2) is 29.2 Å². The standard InChI is InChI=1S/C16H22O5S/c1-3-20-15(17)16(11-5-4-6-12-16)21-22(18,19)14-9-7-13(2)8-10-14/h7-10H,3-6,11-12H2,1-2H3. The zero-order valence-electron chi connectivity index (χ0n) is 13.0.